The van der Waals surface area contributed by atoms with Crippen molar-refractivity contribution in [2.75, 3.05) is 25.5 Å². The molecule has 1 rings (SSSR count). The summed E-state index contributed by atoms with van der Waals surface area (Å²) in [6.45, 7) is 3.28. The van der Waals surface area contributed by atoms with Crippen LogP contribution in [0.5, 0.6) is 0 Å². The van der Waals surface area contributed by atoms with Crippen LogP contribution >= 0.6 is 15.9 Å². The molecule has 1 N–H and O–H groups in total. The van der Waals surface area contributed by atoms with Crippen molar-refractivity contribution in [1.29, 1.82) is 0 Å². The summed E-state index contributed by atoms with van der Waals surface area (Å²) in [7, 11) is -3.15. The van der Waals surface area contributed by atoms with E-state index in [0.29, 0.717) is 23.9 Å². The molecule has 0 aliphatic heterocycles. The second-order valence-corrected chi connectivity index (χ2v) is 7.70. The van der Waals surface area contributed by atoms with Gasteiger partial charge in [-0.15, -0.1) is 0 Å². The lowest BCUT2D eigenvalue weighted by molar-refractivity contribution is 0.163. The molecule has 0 bridgehead atoms. The minimum absolute atomic E-state index is 0.0641. The maximum Gasteiger partial charge on any atom is 0.213 e. The Morgan fingerprint density at radius 3 is 2.53 bits per heavy atom. The predicted molar refractivity (Wildman–Crippen MR) is 73.0 cm³/mol. The molecule has 1 aliphatic carbocycles. The van der Waals surface area contributed by atoms with Crippen LogP contribution in [0.25, 0.3) is 0 Å². The normalized spacial score (nSPS) is 26.0. The molecular formula is C11H22BrNO3S. The van der Waals surface area contributed by atoms with Gasteiger partial charge in [0.05, 0.1) is 12.4 Å². The number of hydrogen-bond donors (Lipinski definition) is 1. The number of rotatable bonds is 7. The Kier molecular flexibility index (Phi) is 6.99. The van der Waals surface area contributed by atoms with Crippen LogP contribution in [0.4, 0.5) is 0 Å². The predicted octanol–water partition coefficient (Wildman–Crippen LogP) is 1.90. The van der Waals surface area contributed by atoms with Gasteiger partial charge in [0.1, 0.15) is 0 Å². The molecule has 4 nitrogen and oxygen atoms in total. The molecule has 0 aromatic carbocycles. The molecule has 1 aliphatic rings. The van der Waals surface area contributed by atoms with Crippen molar-refractivity contribution in [2.45, 2.75) is 37.4 Å². The van der Waals surface area contributed by atoms with Crippen LogP contribution in [0, 0.1) is 5.92 Å². The van der Waals surface area contributed by atoms with Crippen molar-refractivity contribution in [1.82, 2.24) is 4.72 Å². The van der Waals surface area contributed by atoms with Crippen molar-refractivity contribution >= 4 is 26.0 Å². The van der Waals surface area contributed by atoms with Gasteiger partial charge in [-0.1, -0.05) is 15.9 Å². The standard InChI is InChI=1S/C11H22BrNO3S/c1-2-16-7-8-17(14,15)13-9-10-3-5-11(12)6-4-10/h10-11,13H,2-9H2,1H3. The molecule has 0 saturated heterocycles. The van der Waals surface area contributed by atoms with Crippen LogP contribution in [0.3, 0.4) is 0 Å². The Morgan fingerprint density at radius 2 is 1.94 bits per heavy atom. The van der Waals surface area contributed by atoms with E-state index in [-0.39, 0.29) is 12.4 Å². The van der Waals surface area contributed by atoms with Gasteiger partial charge in [0.25, 0.3) is 0 Å². The molecule has 0 aromatic heterocycles. The number of alkyl halides is 1. The van der Waals surface area contributed by atoms with Gasteiger partial charge in [-0.25, -0.2) is 13.1 Å². The molecule has 0 unspecified atom stereocenters. The monoisotopic (exact) mass is 327 g/mol. The fourth-order valence-electron chi connectivity index (χ4n) is 1.96. The van der Waals surface area contributed by atoms with E-state index in [2.05, 4.69) is 20.7 Å². The molecule has 0 spiro atoms. The summed E-state index contributed by atoms with van der Waals surface area (Å²) in [4.78, 5) is 0.619. The third-order valence-corrected chi connectivity index (χ3v) is 5.30. The topological polar surface area (TPSA) is 55.4 Å². The summed E-state index contributed by atoms with van der Waals surface area (Å²) >= 11 is 3.59. The number of ether oxygens (including phenoxy) is 1. The average Bonchev–Trinajstić information content (AvgIpc) is 2.29. The van der Waals surface area contributed by atoms with Crippen LogP contribution in [0.2, 0.25) is 0 Å². The number of sulfonamides is 1. The van der Waals surface area contributed by atoms with Gasteiger partial charge in [-0.05, 0) is 38.5 Å². The Morgan fingerprint density at radius 1 is 1.29 bits per heavy atom. The summed E-state index contributed by atoms with van der Waals surface area (Å²) in [5, 5.41) is 0. The van der Waals surface area contributed by atoms with Crippen LogP contribution in [0.1, 0.15) is 32.6 Å². The van der Waals surface area contributed by atoms with E-state index < -0.39 is 10.0 Å². The van der Waals surface area contributed by atoms with Gasteiger partial charge >= 0.3 is 0 Å². The molecule has 0 amide bonds. The van der Waals surface area contributed by atoms with Gasteiger partial charge in [0, 0.05) is 18.0 Å². The Bertz CT molecular complexity index is 300. The lowest BCUT2D eigenvalue weighted by Gasteiger charge is -2.25. The number of halogens is 1. The lowest BCUT2D eigenvalue weighted by atomic mass is 9.89. The molecule has 0 aromatic rings. The third kappa shape index (κ3) is 6.74. The summed E-state index contributed by atoms with van der Waals surface area (Å²) in [6, 6.07) is 0. The minimum atomic E-state index is -3.15. The maximum atomic E-state index is 11.6. The molecule has 1 saturated carbocycles. The number of hydrogen-bond acceptors (Lipinski definition) is 3. The highest BCUT2D eigenvalue weighted by molar-refractivity contribution is 9.09. The number of nitrogens with one attached hydrogen (secondary N) is 1. The molecule has 0 radical (unpaired) electrons. The smallest absolute Gasteiger partial charge is 0.213 e. The maximum absolute atomic E-state index is 11.6. The largest absolute Gasteiger partial charge is 0.381 e. The zero-order chi connectivity index (χ0) is 12.7. The average molecular weight is 328 g/mol. The fourth-order valence-corrected chi connectivity index (χ4v) is 3.46. The molecule has 1 fully saturated rings. The van der Waals surface area contributed by atoms with Crippen LogP contribution in [-0.4, -0.2) is 38.8 Å². The van der Waals surface area contributed by atoms with E-state index in [0.717, 1.165) is 25.7 Å². The van der Waals surface area contributed by atoms with Gasteiger partial charge in [-0.3, -0.25) is 0 Å². The highest BCUT2D eigenvalue weighted by Crippen LogP contribution is 2.28. The first kappa shape index (κ1) is 15.4. The van der Waals surface area contributed by atoms with E-state index in [1.807, 2.05) is 6.92 Å². The fraction of sp³-hybridized carbons (Fsp3) is 1.00. The Hall–Kier alpha value is 0.350. The lowest BCUT2D eigenvalue weighted by Crippen LogP contribution is -2.34. The Labute approximate surface area is 113 Å². The van der Waals surface area contributed by atoms with Crippen molar-refractivity contribution in [3.05, 3.63) is 0 Å². The highest BCUT2D eigenvalue weighted by Gasteiger charge is 2.20. The summed E-state index contributed by atoms with van der Waals surface area (Å²) in [5.41, 5.74) is 0. The summed E-state index contributed by atoms with van der Waals surface area (Å²) in [6.07, 6.45) is 4.49. The third-order valence-electron chi connectivity index (χ3n) is 3.07. The van der Waals surface area contributed by atoms with Gasteiger partial charge in [0.15, 0.2) is 0 Å². The molecule has 0 atom stereocenters. The van der Waals surface area contributed by atoms with Crippen molar-refractivity contribution in [3.63, 3.8) is 0 Å². The highest BCUT2D eigenvalue weighted by atomic mass is 79.9. The first-order chi connectivity index (χ1) is 8.03. The van der Waals surface area contributed by atoms with E-state index in [1.54, 1.807) is 0 Å². The zero-order valence-corrected chi connectivity index (χ0v) is 12.7. The van der Waals surface area contributed by atoms with Gasteiger partial charge in [-0.2, -0.15) is 0 Å². The van der Waals surface area contributed by atoms with Crippen molar-refractivity contribution in [3.8, 4) is 0 Å². The second-order valence-electron chi connectivity index (χ2n) is 4.48. The second kappa shape index (κ2) is 7.71. The summed E-state index contributed by atoms with van der Waals surface area (Å²) in [5.74, 6) is 0.555. The van der Waals surface area contributed by atoms with Crippen molar-refractivity contribution < 1.29 is 13.2 Å². The van der Waals surface area contributed by atoms with Gasteiger partial charge < -0.3 is 4.74 Å². The molecule has 0 heterocycles. The zero-order valence-electron chi connectivity index (χ0n) is 10.3. The van der Waals surface area contributed by atoms with Crippen LogP contribution in [0.15, 0.2) is 0 Å². The van der Waals surface area contributed by atoms with Crippen LogP contribution < -0.4 is 4.72 Å². The SMILES string of the molecule is CCOCCS(=O)(=O)NCC1CCC(Br)CC1. The van der Waals surface area contributed by atoms with Crippen molar-refractivity contribution in [2.24, 2.45) is 5.92 Å². The molecule has 102 valence electrons. The molecule has 6 heteroatoms. The summed E-state index contributed by atoms with van der Waals surface area (Å²) < 4.78 is 31.0. The van der Waals surface area contributed by atoms with E-state index >= 15 is 0 Å². The quantitative estimate of drug-likeness (QED) is 0.574. The molecule has 17 heavy (non-hydrogen) atoms. The van der Waals surface area contributed by atoms with Gasteiger partial charge in [0.2, 0.25) is 10.0 Å². The van der Waals surface area contributed by atoms with E-state index in [4.69, 9.17) is 4.74 Å². The first-order valence-corrected chi connectivity index (χ1v) is 8.79. The minimum Gasteiger partial charge on any atom is -0.381 e. The van der Waals surface area contributed by atoms with E-state index in [9.17, 15) is 8.42 Å². The van der Waals surface area contributed by atoms with E-state index in [1.165, 1.54) is 0 Å². The molecular weight excluding hydrogens is 306 g/mol. The Balaban J connectivity index is 2.20. The van der Waals surface area contributed by atoms with Crippen LogP contribution in [-0.2, 0) is 14.8 Å². The first-order valence-electron chi connectivity index (χ1n) is 6.22.